The van der Waals surface area contributed by atoms with Gasteiger partial charge in [0.1, 0.15) is 0 Å². The summed E-state index contributed by atoms with van der Waals surface area (Å²) in [5.74, 6) is 0.0334. The summed E-state index contributed by atoms with van der Waals surface area (Å²) in [6.45, 7) is 3.30. The van der Waals surface area contributed by atoms with Crippen molar-refractivity contribution in [1.82, 2.24) is 0 Å². The van der Waals surface area contributed by atoms with Gasteiger partial charge in [0.2, 0.25) is 0 Å². The van der Waals surface area contributed by atoms with Crippen molar-refractivity contribution in [3.63, 3.8) is 0 Å². The molecule has 1 aromatic rings. The molecule has 1 heterocycles. The Hall–Kier alpha value is -1.07. The highest BCUT2D eigenvalue weighted by Gasteiger charge is 2.41. The van der Waals surface area contributed by atoms with Gasteiger partial charge in [-0.05, 0) is 30.7 Å². The van der Waals surface area contributed by atoms with Gasteiger partial charge in [0.05, 0.1) is 15.6 Å². The minimum Gasteiger partial charge on any atom is -0.397 e. The van der Waals surface area contributed by atoms with Gasteiger partial charge in [0.25, 0.3) is 0 Å². The van der Waals surface area contributed by atoms with E-state index in [1.165, 1.54) is 24.2 Å². The van der Waals surface area contributed by atoms with E-state index in [-0.39, 0.29) is 5.78 Å². The second kappa shape index (κ2) is 5.28. The maximum Gasteiger partial charge on any atom is 0.171 e. The Labute approximate surface area is 112 Å². The van der Waals surface area contributed by atoms with Crippen molar-refractivity contribution in [3.8, 4) is 0 Å². The Morgan fingerprint density at radius 2 is 2.33 bits per heavy atom. The molecule has 0 radical (unpaired) electrons. The molecule has 0 aromatic carbocycles. The van der Waals surface area contributed by atoms with Crippen molar-refractivity contribution in [2.24, 2.45) is 5.41 Å². The van der Waals surface area contributed by atoms with Crippen molar-refractivity contribution >= 4 is 27.8 Å². The number of rotatable bonds is 7. The normalized spacial score (nSPS) is 16.6. The van der Waals surface area contributed by atoms with E-state index in [1.54, 1.807) is 14.0 Å². The maximum absolute atomic E-state index is 11.3. The van der Waals surface area contributed by atoms with Crippen LogP contribution < -0.4 is 11.1 Å². The number of nitrogen functional groups attached to an aromatic ring is 1. The van der Waals surface area contributed by atoms with E-state index in [0.717, 1.165) is 24.6 Å². The number of ketones is 1. The average molecular weight is 268 g/mol. The maximum atomic E-state index is 11.3. The molecule has 0 spiro atoms. The van der Waals surface area contributed by atoms with E-state index >= 15 is 0 Å². The number of nitrogens with one attached hydrogen (secondary N) is 1. The van der Waals surface area contributed by atoms with Crippen molar-refractivity contribution in [2.45, 2.75) is 26.2 Å². The van der Waals surface area contributed by atoms with E-state index in [9.17, 15) is 4.79 Å². The first-order valence-electron chi connectivity index (χ1n) is 6.19. The lowest BCUT2D eigenvalue weighted by Gasteiger charge is -2.15. The number of carbonyl (C=O) groups excluding carboxylic acids is 1. The molecule has 5 heteroatoms. The molecule has 1 saturated carbocycles. The van der Waals surface area contributed by atoms with Crippen molar-refractivity contribution in [1.29, 1.82) is 0 Å². The van der Waals surface area contributed by atoms with E-state index in [0.29, 0.717) is 16.0 Å². The van der Waals surface area contributed by atoms with Gasteiger partial charge >= 0.3 is 0 Å². The van der Waals surface area contributed by atoms with Gasteiger partial charge in [-0.15, -0.1) is 11.3 Å². The SMILES string of the molecule is COCCC1(CNc2cc(N)c(C(C)=O)s2)CC1. The molecule has 0 saturated heterocycles. The summed E-state index contributed by atoms with van der Waals surface area (Å²) in [6.07, 6.45) is 3.60. The molecule has 100 valence electrons. The highest BCUT2D eigenvalue weighted by molar-refractivity contribution is 7.18. The molecule has 18 heavy (non-hydrogen) atoms. The van der Waals surface area contributed by atoms with Crippen LogP contribution in [0.5, 0.6) is 0 Å². The van der Waals surface area contributed by atoms with Crippen molar-refractivity contribution < 1.29 is 9.53 Å². The first-order chi connectivity index (χ1) is 8.56. The number of methoxy groups -OCH3 is 1. The zero-order chi connectivity index (χ0) is 13.2. The van der Waals surface area contributed by atoms with Crippen LogP contribution >= 0.6 is 11.3 Å². The molecule has 3 N–H and O–H groups in total. The predicted molar refractivity (Wildman–Crippen MR) is 75.4 cm³/mol. The van der Waals surface area contributed by atoms with Crippen LogP contribution in [0.3, 0.4) is 0 Å². The monoisotopic (exact) mass is 268 g/mol. The predicted octanol–water partition coefficient (Wildman–Crippen LogP) is 2.76. The summed E-state index contributed by atoms with van der Waals surface area (Å²) in [4.78, 5) is 12.0. The third-order valence-electron chi connectivity index (χ3n) is 3.51. The minimum atomic E-state index is 0.0334. The van der Waals surface area contributed by atoms with Gasteiger partial charge in [-0.25, -0.2) is 0 Å². The van der Waals surface area contributed by atoms with Gasteiger partial charge in [-0.1, -0.05) is 0 Å². The summed E-state index contributed by atoms with van der Waals surface area (Å²) in [5, 5.41) is 4.39. The molecule has 4 nitrogen and oxygen atoms in total. The standard InChI is InChI=1S/C13H20N2O2S/c1-9(16)12-10(14)7-11(18-12)15-8-13(3-4-13)5-6-17-2/h7,15H,3-6,8,14H2,1-2H3. The van der Waals surface area contributed by atoms with Gasteiger partial charge < -0.3 is 15.8 Å². The molecule has 0 bridgehead atoms. The van der Waals surface area contributed by atoms with E-state index in [1.807, 2.05) is 6.07 Å². The Kier molecular flexibility index (Phi) is 3.92. The summed E-state index contributed by atoms with van der Waals surface area (Å²) >= 11 is 1.44. The molecule has 2 rings (SSSR count). The number of carbonyl (C=O) groups is 1. The summed E-state index contributed by atoms with van der Waals surface area (Å²) in [7, 11) is 1.74. The first kappa shape index (κ1) is 13.4. The van der Waals surface area contributed by atoms with Gasteiger partial charge in [-0.3, -0.25) is 4.79 Å². The van der Waals surface area contributed by atoms with Crippen LogP contribution in [0.4, 0.5) is 10.7 Å². The van der Waals surface area contributed by atoms with Crippen LogP contribution in [-0.2, 0) is 4.74 Å². The number of hydrogen-bond acceptors (Lipinski definition) is 5. The van der Waals surface area contributed by atoms with Crippen LogP contribution in [0.1, 0.15) is 35.9 Å². The zero-order valence-corrected chi connectivity index (χ0v) is 11.7. The number of hydrogen-bond donors (Lipinski definition) is 2. The summed E-state index contributed by atoms with van der Waals surface area (Å²) < 4.78 is 5.13. The molecule has 1 aliphatic rings. The molecular weight excluding hydrogens is 248 g/mol. The molecule has 0 amide bonds. The average Bonchev–Trinajstić information content (AvgIpc) is 3.00. The highest BCUT2D eigenvalue weighted by Crippen LogP contribution is 2.49. The van der Waals surface area contributed by atoms with Gasteiger partial charge in [-0.2, -0.15) is 0 Å². The number of nitrogens with two attached hydrogens (primary N) is 1. The molecule has 1 fully saturated rings. The van der Waals surface area contributed by atoms with Crippen LogP contribution in [0.2, 0.25) is 0 Å². The Balaban J connectivity index is 1.90. The fourth-order valence-corrected chi connectivity index (χ4v) is 2.92. The second-order valence-electron chi connectivity index (χ2n) is 5.05. The fraction of sp³-hybridized carbons (Fsp3) is 0.615. The quantitative estimate of drug-likeness (QED) is 0.746. The Bertz CT molecular complexity index is 438. The highest BCUT2D eigenvalue weighted by atomic mass is 32.1. The smallest absolute Gasteiger partial charge is 0.171 e. The van der Waals surface area contributed by atoms with E-state index in [4.69, 9.17) is 10.5 Å². The van der Waals surface area contributed by atoms with E-state index < -0.39 is 0 Å². The number of Topliss-reactive ketones (excluding diaryl/α,β-unsaturated/α-hetero) is 1. The number of ether oxygens (including phenoxy) is 1. The second-order valence-corrected chi connectivity index (χ2v) is 6.10. The van der Waals surface area contributed by atoms with Crippen LogP contribution in [0.15, 0.2) is 6.07 Å². The first-order valence-corrected chi connectivity index (χ1v) is 7.01. The summed E-state index contributed by atoms with van der Waals surface area (Å²) in [5.41, 5.74) is 6.78. The fourth-order valence-electron chi connectivity index (χ4n) is 2.05. The molecule has 0 unspecified atom stereocenters. The lowest BCUT2D eigenvalue weighted by Crippen LogP contribution is -2.16. The summed E-state index contributed by atoms with van der Waals surface area (Å²) in [6, 6.07) is 1.85. The third-order valence-corrected chi connectivity index (χ3v) is 4.72. The molecule has 1 aromatic heterocycles. The van der Waals surface area contributed by atoms with Crippen LogP contribution in [0, 0.1) is 5.41 Å². The molecule has 0 atom stereocenters. The van der Waals surface area contributed by atoms with Gasteiger partial charge in [0.15, 0.2) is 5.78 Å². The lowest BCUT2D eigenvalue weighted by molar-refractivity contribution is 0.102. The lowest BCUT2D eigenvalue weighted by atomic mass is 10.0. The van der Waals surface area contributed by atoms with Gasteiger partial charge in [0, 0.05) is 27.2 Å². The van der Waals surface area contributed by atoms with Crippen LogP contribution in [0.25, 0.3) is 0 Å². The largest absolute Gasteiger partial charge is 0.397 e. The molecule has 0 aliphatic heterocycles. The minimum absolute atomic E-state index is 0.0334. The topological polar surface area (TPSA) is 64.3 Å². The van der Waals surface area contributed by atoms with Crippen molar-refractivity contribution in [3.05, 3.63) is 10.9 Å². The Morgan fingerprint density at radius 3 is 2.83 bits per heavy atom. The van der Waals surface area contributed by atoms with E-state index in [2.05, 4.69) is 5.32 Å². The number of anilines is 2. The Morgan fingerprint density at radius 1 is 1.61 bits per heavy atom. The zero-order valence-electron chi connectivity index (χ0n) is 10.9. The third kappa shape index (κ3) is 3.03. The van der Waals surface area contributed by atoms with Crippen molar-refractivity contribution in [2.75, 3.05) is 31.3 Å². The molecular formula is C13H20N2O2S. The number of thiophene rings is 1. The van der Waals surface area contributed by atoms with Crippen LogP contribution in [-0.4, -0.2) is 26.0 Å². The molecule has 1 aliphatic carbocycles.